The van der Waals surface area contributed by atoms with Crippen molar-refractivity contribution in [3.05, 3.63) is 97.2 Å². The number of aliphatic hydroxyl groups is 11. The summed E-state index contributed by atoms with van der Waals surface area (Å²) < 4.78 is 34.4. The topological polar surface area (TPSA) is 307 Å². The van der Waals surface area contributed by atoms with Crippen molar-refractivity contribution >= 4 is 5.91 Å². The Bertz CT molecular complexity index is 2240. The van der Waals surface area contributed by atoms with Gasteiger partial charge in [0.05, 0.1) is 38.6 Å². The molecule has 12 N–H and O–H groups in total. The summed E-state index contributed by atoms with van der Waals surface area (Å²) in [4.78, 5) is 13.5. The molecule has 3 rings (SSSR count). The number of allylic oxidation sites excluding steroid dienone is 15. The zero-order valence-corrected chi connectivity index (χ0v) is 63.8. The van der Waals surface area contributed by atoms with Crippen LogP contribution in [-0.4, -0.2) is 193 Å². The van der Waals surface area contributed by atoms with Gasteiger partial charge in [-0.1, -0.05) is 297 Å². The van der Waals surface area contributed by atoms with E-state index in [0.29, 0.717) is 12.8 Å². The van der Waals surface area contributed by atoms with Crippen molar-refractivity contribution in [1.82, 2.24) is 5.32 Å². The molecule has 17 atom stereocenters. The van der Waals surface area contributed by atoms with E-state index < -0.39 is 124 Å². The Labute approximate surface area is 622 Å². The van der Waals surface area contributed by atoms with Crippen LogP contribution in [0.1, 0.15) is 296 Å². The van der Waals surface area contributed by atoms with E-state index >= 15 is 0 Å². The third-order valence-electron chi connectivity index (χ3n) is 19.8. The Morgan fingerprint density at radius 3 is 1.09 bits per heavy atom. The maximum absolute atomic E-state index is 13.5. The van der Waals surface area contributed by atoms with Crippen LogP contribution in [0, 0.1) is 0 Å². The van der Waals surface area contributed by atoms with Crippen molar-refractivity contribution in [2.75, 3.05) is 26.4 Å². The van der Waals surface area contributed by atoms with Gasteiger partial charge in [0.15, 0.2) is 18.9 Å². The summed E-state index contributed by atoms with van der Waals surface area (Å²) in [7, 11) is 0. The van der Waals surface area contributed by atoms with E-state index in [4.69, 9.17) is 28.4 Å². The minimum atomic E-state index is -1.99. The number of hydrogen-bond acceptors (Lipinski definition) is 18. The number of carbonyl (C=O) groups excluding carboxylic acids is 1. The second-order valence-electron chi connectivity index (χ2n) is 28.8. The first kappa shape index (κ1) is 93.9. The highest BCUT2D eigenvalue weighted by Crippen LogP contribution is 2.33. The van der Waals surface area contributed by atoms with Crippen LogP contribution in [0.2, 0.25) is 0 Å². The molecule has 0 spiro atoms. The minimum Gasteiger partial charge on any atom is -0.394 e. The summed E-state index contributed by atoms with van der Waals surface area (Å²) in [5.74, 6) is -0.290. The summed E-state index contributed by atoms with van der Waals surface area (Å²) in [6.07, 6.45) is 59.7. The van der Waals surface area contributed by atoms with E-state index in [2.05, 4.69) is 104 Å². The van der Waals surface area contributed by atoms with Gasteiger partial charge in [-0.3, -0.25) is 4.79 Å². The van der Waals surface area contributed by atoms with Crippen LogP contribution >= 0.6 is 0 Å². The molecule has 1 amide bonds. The van der Waals surface area contributed by atoms with Gasteiger partial charge in [0.25, 0.3) is 0 Å². The molecule has 19 nitrogen and oxygen atoms in total. The van der Waals surface area contributed by atoms with Crippen LogP contribution < -0.4 is 5.32 Å². The molecule has 0 radical (unpaired) electrons. The first-order chi connectivity index (χ1) is 50.3. The number of amides is 1. The van der Waals surface area contributed by atoms with Gasteiger partial charge in [-0.25, -0.2) is 0 Å². The molecule has 3 aliphatic heterocycles. The predicted octanol–water partition coefficient (Wildman–Crippen LogP) is 14.0. The highest BCUT2D eigenvalue weighted by molar-refractivity contribution is 5.76. The quantitative estimate of drug-likeness (QED) is 0.0199. The molecule has 19 heteroatoms. The van der Waals surface area contributed by atoms with Gasteiger partial charge in [0.1, 0.15) is 73.2 Å². The first-order valence-corrected chi connectivity index (χ1v) is 41.0. The molecular weight excluding hydrogens is 1310 g/mol. The van der Waals surface area contributed by atoms with E-state index in [1.807, 2.05) is 6.08 Å². The fraction of sp³-hybridized carbons (Fsp3) is 0.798. The van der Waals surface area contributed by atoms with Crippen molar-refractivity contribution in [2.24, 2.45) is 0 Å². The zero-order chi connectivity index (χ0) is 74.6. The van der Waals surface area contributed by atoms with Crippen molar-refractivity contribution in [3.63, 3.8) is 0 Å². The SMILES string of the molecule is CC/C=C\C/C=C\C/C=C\C/C=C\C/C=C\CCCCCCCCCCCCCCCCCC(=O)NC(COC1OC(CO)C(OC2OC(CO)C(OC3OC(CO)C(O)C(O)C3O)C(O)C2O)C(O)C1O)C(O)/C=C/CC/C=C/CC/C=C/CCCCCCCCCCCCCCCCCCC. The van der Waals surface area contributed by atoms with Crippen LogP contribution in [-0.2, 0) is 33.2 Å². The lowest BCUT2D eigenvalue weighted by Crippen LogP contribution is -2.66. The van der Waals surface area contributed by atoms with Gasteiger partial charge >= 0.3 is 0 Å². The van der Waals surface area contributed by atoms with Gasteiger partial charge in [0, 0.05) is 6.42 Å². The Kier molecular flexibility index (Phi) is 58.0. The Hall–Kier alpha value is -3.29. The molecule has 103 heavy (non-hydrogen) atoms. The first-order valence-electron chi connectivity index (χ1n) is 41.0. The van der Waals surface area contributed by atoms with E-state index in [0.717, 1.165) is 83.5 Å². The normalized spacial score (nSPS) is 26.6. The molecule has 0 bridgehead atoms. The molecule has 3 aliphatic rings. The fourth-order valence-electron chi connectivity index (χ4n) is 13.3. The molecule has 17 unspecified atom stereocenters. The van der Waals surface area contributed by atoms with Gasteiger partial charge in [-0.2, -0.15) is 0 Å². The molecule has 596 valence electrons. The average molecular weight is 1460 g/mol. The summed E-state index contributed by atoms with van der Waals surface area (Å²) in [6.45, 7) is 1.62. The highest BCUT2D eigenvalue weighted by atomic mass is 16.8. The summed E-state index contributed by atoms with van der Waals surface area (Å²) in [5.41, 5.74) is 0. The molecule has 0 aliphatic carbocycles. The molecule has 0 aromatic carbocycles. The van der Waals surface area contributed by atoms with Crippen LogP contribution in [0.15, 0.2) is 97.2 Å². The molecule has 3 fully saturated rings. The minimum absolute atomic E-state index is 0.227. The second-order valence-corrected chi connectivity index (χ2v) is 28.8. The maximum atomic E-state index is 13.5. The van der Waals surface area contributed by atoms with Gasteiger partial charge in [-0.15, -0.1) is 0 Å². The van der Waals surface area contributed by atoms with Crippen molar-refractivity contribution < 1.29 is 89.4 Å². The van der Waals surface area contributed by atoms with E-state index in [-0.39, 0.29) is 18.9 Å². The number of nitrogens with one attached hydrogen (secondary N) is 1. The lowest BCUT2D eigenvalue weighted by molar-refractivity contribution is -0.379. The smallest absolute Gasteiger partial charge is 0.220 e. The molecule has 0 aromatic heterocycles. The molecule has 0 aromatic rings. The molecule has 3 saturated heterocycles. The lowest BCUT2D eigenvalue weighted by atomic mass is 9.96. The third kappa shape index (κ3) is 43.5. The Morgan fingerprint density at radius 2 is 0.680 bits per heavy atom. The monoisotopic (exact) mass is 1460 g/mol. The summed E-state index contributed by atoms with van der Waals surface area (Å²) in [5, 5.41) is 121. The number of hydrogen-bond donors (Lipinski definition) is 12. The van der Waals surface area contributed by atoms with Crippen LogP contribution in [0.4, 0.5) is 0 Å². The number of rotatable bonds is 64. The van der Waals surface area contributed by atoms with E-state index in [1.165, 1.54) is 180 Å². The van der Waals surface area contributed by atoms with Crippen LogP contribution in [0.25, 0.3) is 0 Å². The van der Waals surface area contributed by atoms with Gasteiger partial charge in [0.2, 0.25) is 5.91 Å². The number of carbonyl (C=O) groups is 1. The molecule has 0 saturated carbocycles. The average Bonchev–Trinajstić information content (AvgIpc) is 0.781. The van der Waals surface area contributed by atoms with E-state index in [1.54, 1.807) is 6.08 Å². The zero-order valence-electron chi connectivity index (χ0n) is 63.8. The lowest BCUT2D eigenvalue weighted by Gasteiger charge is -2.48. The number of aliphatic hydroxyl groups excluding tert-OH is 11. The van der Waals surface area contributed by atoms with Crippen LogP contribution in [0.5, 0.6) is 0 Å². The molecular formula is C84H147NO18. The third-order valence-corrected chi connectivity index (χ3v) is 19.8. The van der Waals surface area contributed by atoms with E-state index in [9.17, 15) is 61.0 Å². The van der Waals surface area contributed by atoms with Crippen molar-refractivity contribution in [3.8, 4) is 0 Å². The maximum Gasteiger partial charge on any atom is 0.220 e. The second kappa shape index (κ2) is 63.6. The van der Waals surface area contributed by atoms with Crippen LogP contribution in [0.3, 0.4) is 0 Å². The van der Waals surface area contributed by atoms with Crippen molar-refractivity contribution in [2.45, 2.75) is 401 Å². The summed E-state index contributed by atoms with van der Waals surface area (Å²) in [6, 6.07) is -1.00. The fourth-order valence-corrected chi connectivity index (χ4v) is 13.3. The van der Waals surface area contributed by atoms with Crippen molar-refractivity contribution in [1.29, 1.82) is 0 Å². The van der Waals surface area contributed by atoms with Gasteiger partial charge < -0.3 is 89.9 Å². The highest BCUT2D eigenvalue weighted by Gasteiger charge is 2.54. The molecule has 3 heterocycles. The largest absolute Gasteiger partial charge is 0.394 e. The number of ether oxygens (including phenoxy) is 6. The van der Waals surface area contributed by atoms with Gasteiger partial charge in [-0.05, 0) is 89.9 Å². The summed E-state index contributed by atoms with van der Waals surface area (Å²) >= 11 is 0. The predicted molar refractivity (Wildman–Crippen MR) is 411 cm³/mol. The Morgan fingerprint density at radius 1 is 0.359 bits per heavy atom. The standard InChI is InChI=1S/C84H147NO18/c1-3-5-7-9-11-13-15-17-19-21-23-25-27-29-31-32-33-34-36-38-40-42-44-46-48-50-52-54-56-58-60-62-72(90)85-67(68(89)61-59-57-55-53-51-49-47-45-43-41-39-37-35-30-28-26-24-22-20-18-16-14-12-10-8-6-4-2)66-98-82-78(96)75(93)80(70(64-87)100-82)103-84-79(97)76(94)81(71(65-88)101-84)102-83-77(95)74(92)73(91)69(63-86)99-83/h5,7,11,13,17,19,23,25,29,31,43,45,51,53,59,61,67-71,73-84,86-89,91-97H,3-4,6,8-10,12,14-16,18,20-22,24,26-28,30,32-42,44,46-50,52,54-58,60,62-66H2,1-2H3,(H,85,90)/b7-5-,13-11-,19-17-,25-23-,31-29-,45-43+,53-51+,61-59+. The Balaban J connectivity index is 1.39. The number of unbranched alkanes of at least 4 members (excludes halogenated alkanes) is 34.